The fourth-order valence-corrected chi connectivity index (χ4v) is 4.23. The number of hydrogen-bond donors (Lipinski definition) is 3. The van der Waals surface area contributed by atoms with Crippen LogP contribution >= 0.6 is 0 Å². The highest BCUT2D eigenvalue weighted by Gasteiger charge is 2.33. The minimum atomic E-state index is -0.187. The largest absolute Gasteiger partial charge is 0.457 e. The zero-order valence-electron chi connectivity index (χ0n) is 18.4. The molecule has 7 heteroatoms. The molecule has 3 N–H and O–H groups in total. The summed E-state index contributed by atoms with van der Waals surface area (Å²) >= 11 is 0. The number of aromatic amines is 1. The summed E-state index contributed by atoms with van der Waals surface area (Å²) < 4.78 is 6.15. The van der Waals surface area contributed by atoms with Crippen LogP contribution in [0.5, 0.6) is 11.5 Å². The first-order chi connectivity index (χ1) is 15.0. The lowest BCUT2D eigenvalue weighted by molar-refractivity contribution is -0.123. The molecular formula is C24H31N5O2. The van der Waals surface area contributed by atoms with E-state index in [1.54, 1.807) is 6.20 Å². The zero-order chi connectivity index (χ0) is 21.8. The van der Waals surface area contributed by atoms with Crippen molar-refractivity contribution in [1.29, 1.82) is 0 Å². The van der Waals surface area contributed by atoms with E-state index in [2.05, 4.69) is 37.6 Å². The average molecular weight is 422 g/mol. The Labute approximate surface area is 183 Å². The third kappa shape index (κ3) is 4.89. The van der Waals surface area contributed by atoms with Crippen LogP contribution in [-0.2, 0) is 4.79 Å². The van der Waals surface area contributed by atoms with E-state index in [-0.39, 0.29) is 17.9 Å². The number of H-pyrrole nitrogens is 1. The number of aromatic nitrogens is 2. The van der Waals surface area contributed by atoms with Gasteiger partial charge in [-0.15, -0.1) is 0 Å². The van der Waals surface area contributed by atoms with Crippen molar-refractivity contribution in [1.82, 2.24) is 25.5 Å². The van der Waals surface area contributed by atoms with Crippen LogP contribution in [0, 0.1) is 6.92 Å². The molecule has 1 saturated heterocycles. The van der Waals surface area contributed by atoms with Gasteiger partial charge in [0, 0.05) is 24.9 Å². The summed E-state index contributed by atoms with van der Waals surface area (Å²) in [4.78, 5) is 22.3. The molecule has 1 amide bonds. The van der Waals surface area contributed by atoms with Crippen LogP contribution < -0.4 is 15.4 Å². The van der Waals surface area contributed by atoms with Gasteiger partial charge in [0.2, 0.25) is 5.91 Å². The molecule has 1 fully saturated rings. The number of benzene rings is 1. The van der Waals surface area contributed by atoms with Crippen LogP contribution in [0.3, 0.4) is 0 Å². The monoisotopic (exact) mass is 421 g/mol. The highest BCUT2D eigenvalue weighted by molar-refractivity contribution is 5.86. The first-order valence-corrected chi connectivity index (χ1v) is 10.9. The van der Waals surface area contributed by atoms with Gasteiger partial charge < -0.3 is 25.3 Å². The van der Waals surface area contributed by atoms with E-state index in [1.807, 2.05) is 45.4 Å². The normalized spacial score (nSPS) is 18.6. The van der Waals surface area contributed by atoms with Gasteiger partial charge in [-0.1, -0.05) is 12.1 Å². The number of nitrogens with zero attached hydrogens (tertiary/aromatic N) is 2. The first-order valence-electron chi connectivity index (χ1n) is 10.9. The lowest BCUT2D eigenvalue weighted by atomic mass is 9.91. The van der Waals surface area contributed by atoms with Crippen molar-refractivity contribution in [3.63, 3.8) is 0 Å². The molecule has 2 aromatic heterocycles. The van der Waals surface area contributed by atoms with E-state index in [0.717, 1.165) is 59.6 Å². The van der Waals surface area contributed by atoms with Crippen LogP contribution in [0.2, 0.25) is 0 Å². The van der Waals surface area contributed by atoms with Crippen molar-refractivity contribution in [2.75, 3.05) is 33.7 Å². The van der Waals surface area contributed by atoms with Crippen molar-refractivity contribution in [3.8, 4) is 11.5 Å². The summed E-state index contributed by atoms with van der Waals surface area (Å²) in [7, 11) is 4.08. The van der Waals surface area contributed by atoms with Crippen molar-refractivity contribution in [2.24, 2.45) is 0 Å². The van der Waals surface area contributed by atoms with Crippen molar-refractivity contribution in [2.45, 2.75) is 31.7 Å². The molecule has 3 aromatic rings. The summed E-state index contributed by atoms with van der Waals surface area (Å²) in [5.74, 6) is 1.81. The zero-order valence-corrected chi connectivity index (χ0v) is 18.4. The van der Waals surface area contributed by atoms with Gasteiger partial charge in [0.1, 0.15) is 17.1 Å². The molecule has 1 aliphatic heterocycles. The number of pyridine rings is 1. The maximum absolute atomic E-state index is 12.7. The predicted molar refractivity (Wildman–Crippen MR) is 123 cm³/mol. The molecule has 0 unspecified atom stereocenters. The van der Waals surface area contributed by atoms with Crippen LogP contribution in [-0.4, -0.2) is 60.5 Å². The molecule has 0 bridgehead atoms. The molecule has 1 aromatic carbocycles. The molecule has 0 aliphatic carbocycles. The van der Waals surface area contributed by atoms with Crippen LogP contribution in [0.1, 0.15) is 29.9 Å². The maximum Gasteiger partial charge on any atom is 0.237 e. The lowest BCUT2D eigenvalue weighted by Gasteiger charge is -2.20. The number of hydrogen-bond acceptors (Lipinski definition) is 5. The third-order valence-corrected chi connectivity index (χ3v) is 5.85. The van der Waals surface area contributed by atoms with Gasteiger partial charge in [0.15, 0.2) is 0 Å². The minimum Gasteiger partial charge on any atom is -0.457 e. The molecule has 0 saturated carbocycles. The van der Waals surface area contributed by atoms with Gasteiger partial charge in [-0.25, -0.2) is 4.98 Å². The Bertz CT molecular complexity index is 1030. The number of fused-ring (bicyclic) bond motifs is 1. The van der Waals surface area contributed by atoms with Crippen molar-refractivity contribution < 1.29 is 9.53 Å². The number of nitrogens with one attached hydrogen (secondary N) is 3. The average Bonchev–Trinajstić information content (AvgIpc) is 3.39. The molecule has 164 valence electrons. The number of aryl methyl sites for hydroxylation is 1. The van der Waals surface area contributed by atoms with Gasteiger partial charge >= 0.3 is 0 Å². The molecule has 2 atom stereocenters. The van der Waals surface area contributed by atoms with E-state index < -0.39 is 0 Å². The highest BCUT2D eigenvalue weighted by atomic mass is 16.5. The highest BCUT2D eigenvalue weighted by Crippen LogP contribution is 2.33. The molecule has 0 spiro atoms. The van der Waals surface area contributed by atoms with E-state index >= 15 is 0 Å². The SMILES string of the molecule is Cc1c[nH]c2nccc(Oc3ccc([C@H]4CCN[C@@H]4C(=O)NCCCN(C)C)cc3)c12. The molecule has 7 nitrogen and oxygen atoms in total. The molecule has 3 heterocycles. The Hall–Kier alpha value is -2.90. The van der Waals surface area contributed by atoms with Crippen LogP contribution in [0.25, 0.3) is 11.0 Å². The maximum atomic E-state index is 12.7. The van der Waals surface area contributed by atoms with Crippen molar-refractivity contribution in [3.05, 3.63) is 53.9 Å². The fourth-order valence-electron chi connectivity index (χ4n) is 4.23. The summed E-state index contributed by atoms with van der Waals surface area (Å²) in [5.41, 5.74) is 3.08. The van der Waals surface area contributed by atoms with E-state index in [1.165, 1.54) is 0 Å². The van der Waals surface area contributed by atoms with Crippen molar-refractivity contribution >= 4 is 16.9 Å². The second-order valence-electron chi connectivity index (χ2n) is 8.45. The predicted octanol–water partition coefficient (Wildman–Crippen LogP) is 3.18. The number of amides is 1. The summed E-state index contributed by atoms with van der Waals surface area (Å²) in [5, 5.41) is 7.45. The Morgan fingerprint density at radius 3 is 2.84 bits per heavy atom. The quantitative estimate of drug-likeness (QED) is 0.487. The smallest absolute Gasteiger partial charge is 0.237 e. The summed E-state index contributed by atoms with van der Waals surface area (Å²) in [6.07, 6.45) is 5.58. The second kappa shape index (κ2) is 9.49. The molecule has 1 aliphatic rings. The Morgan fingerprint density at radius 2 is 2.06 bits per heavy atom. The van der Waals surface area contributed by atoms with Gasteiger partial charge in [-0.05, 0) is 76.3 Å². The van der Waals surface area contributed by atoms with Crippen LogP contribution in [0.15, 0.2) is 42.7 Å². The Kier molecular flexibility index (Phi) is 6.53. The molecule has 4 rings (SSSR count). The third-order valence-electron chi connectivity index (χ3n) is 5.85. The van der Waals surface area contributed by atoms with Gasteiger partial charge in [-0.2, -0.15) is 0 Å². The first kappa shape index (κ1) is 21.3. The minimum absolute atomic E-state index is 0.0868. The van der Waals surface area contributed by atoms with Crippen LogP contribution in [0.4, 0.5) is 0 Å². The van der Waals surface area contributed by atoms with E-state index in [4.69, 9.17) is 4.74 Å². The summed E-state index contributed by atoms with van der Waals surface area (Å²) in [6, 6.07) is 9.80. The number of carbonyl (C=O) groups is 1. The van der Waals surface area contributed by atoms with E-state index in [9.17, 15) is 4.79 Å². The molecule has 31 heavy (non-hydrogen) atoms. The number of ether oxygens (including phenoxy) is 1. The topological polar surface area (TPSA) is 82.3 Å². The van der Waals surface area contributed by atoms with E-state index in [0.29, 0.717) is 6.54 Å². The van der Waals surface area contributed by atoms with Gasteiger partial charge in [0.25, 0.3) is 0 Å². The van der Waals surface area contributed by atoms with Gasteiger partial charge in [0.05, 0.1) is 11.4 Å². The molecule has 0 radical (unpaired) electrons. The lowest BCUT2D eigenvalue weighted by Crippen LogP contribution is -2.43. The summed E-state index contributed by atoms with van der Waals surface area (Å²) in [6.45, 7) is 4.55. The second-order valence-corrected chi connectivity index (χ2v) is 8.45. The standard InChI is InChI=1S/C24H31N5O2/c1-16-15-28-23-21(16)20(10-13-26-23)31-18-7-5-17(6-8-18)19-9-12-25-22(19)24(30)27-11-4-14-29(2)3/h5-8,10,13,15,19,22,25H,4,9,11-12,14H2,1-3H3,(H,26,28)(H,27,30)/t19-,22+/m1/s1. The fraction of sp³-hybridized carbons (Fsp3) is 0.417. The Balaban J connectivity index is 1.41. The number of rotatable bonds is 8. The van der Waals surface area contributed by atoms with Gasteiger partial charge in [-0.3, -0.25) is 4.79 Å². The molecular weight excluding hydrogens is 390 g/mol. The number of carbonyl (C=O) groups excluding carboxylic acids is 1. The Morgan fingerprint density at radius 1 is 1.26 bits per heavy atom.